The minimum absolute atomic E-state index is 0.174. The molecule has 0 spiro atoms. The van der Waals surface area contributed by atoms with Crippen molar-refractivity contribution in [1.29, 1.82) is 0 Å². The first-order valence-electron chi connectivity index (χ1n) is 7.94. The van der Waals surface area contributed by atoms with E-state index < -0.39 is 21.8 Å². The van der Waals surface area contributed by atoms with Gasteiger partial charge in [0.2, 0.25) is 0 Å². The van der Waals surface area contributed by atoms with Crippen LogP contribution in [0, 0.1) is 0 Å². The van der Waals surface area contributed by atoms with Gasteiger partial charge < -0.3 is 15.9 Å². The molecular weight excluding hydrogens is 410 g/mol. The molecule has 0 saturated heterocycles. The Kier molecular flexibility index (Phi) is 6.96. The zero-order chi connectivity index (χ0) is 20.2. The van der Waals surface area contributed by atoms with Gasteiger partial charge in [0.15, 0.2) is 0 Å². The van der Waals surface area contributed by atoms with Gasteiger partial charge in [-0.15, -0.1) is 0 Å². The van der Waals surface area contributed by atoms with E-state index in [2.05, 4.69) is 0 Å². The van der Waals surface area contributed by atoms with E-state index in [1.807, 2.05) is 0 Å². The molecule has 0 aliphatic heterocycles. The molecule has 146 valence electrons. The highest BCUT2D eigenvalue weighted by Crippen LogP contribution is 2.37. The van der Waals surface area contributed by atoms with Gasteiger partial charge in [-0.05, 0) is 48.9 Å². The molecule has 0 aliphatic carbocycles. The first kappa shape index (κ1) is 21.7. The fourth-order valence-corrected chi connectivity index (χ4v) is 3.98. The number of phenolic OH excluding ortho intramolecular Hbond substituents is 1. The minimum Gasteiger partial charge on any atom is -0.508 e. The molecule has 27 heavy (non-hydrogen) atoms. The van der Waals surface area contributed by atoms with Crippen molar-refractivity contribution in [3.05, 3.63) is 64.5 Å². The van der Waals surface area contributed by atoms with E-state index in [1.54, 1.807) is 49.4 Å². The lowest BCUT2D eigenvalue weighted by Gasteiger charge is -2.31. The number of hydrogen-bond acceptors (Lipinski definition) is 6. The fraction of sp³-hybridized carbons (Fsp3) is 0.222. The molecule has 0 fully saturated rings. The van der Waals surface area contributed by atoms with Crippen LogP contribution in [0.15, 0.2) is 63.7 Å². The lowest BCUT2D eigenvalue weighted by atomic mass is 9.86. The second-order valence-electron chi connectivity index (χ2n) is 5.97. The first-order valence-corrected chi connectivity index (χ1v) is 10.6. The van der Waals surface area contributed by atoms with Crippen molar-refractivity contribution < 1.29 is 23.2 Å². The van der Waals surface area contributed by atoms with Crippen LogP contribution in [0.1, 0.15) is 25.0 Å². The number of halogens is 1. The van der Waals surface area contributed by atoms with E-state index in [-0.39, 0.29) is 17.2 Å². The number of nitrogens with two attached hydrogens (primary N) is 1. The standard InChI is InChI=1S/C18H20ClNO5S2/c1-2-18(20,9-10-27(23,24)25)17(22)15-8-7-14(11-16(15)19)26-13-5-3-12(21)4-6-13/h3-11,17,21-22H,2,20H2,1H3,(H,23,24,25)/b10-9+. The summed E-state index contributed by atoms with van der Waals surface area (Å²) < 4.78 is 30.8. The highest BCUT2D eigenvalue weighted by Gasteiger charge is 2.32. The number of phenols is 1. The van der Waals surface area contributed by atoms with Crippen LogP contribution in [0.5, 0.6) is 5.75 Å². The van der Waals surface area contributed by atoms with Crippen molar-refractivity contribution in [3.8, 4) is 5.75 Å². The smallest absolute Gasteiger partial charge is 0.287 e. The number of benzene rings is 2. The average Bonchev–Trinajstić information content (AvgIpc) is 2.60. The highest BCUT2D eigenvalue weighted by molar-refractivity contribution is 7.99. The molecule has 2 unspecified atom stereocenters. The fourth-order valence-electron chi connectivity index (χ4n) is 2.35. The molecule has 0 amide bonds. The number of aliphatic hydroxyl groups is 1. The SMILES string of the molecule is CCC(N)(/C=C/S(=O)(=O)O)C(O)c1ccc(Sc2ccc(O)cc2)cc1Cl. The summed E-state index contributed by atoms with van der Waals surface area (Å²) in [5.74, 6) is 0.174. The van der Waals surface area contributed by atoms with E-state index >= 15 is 0 Å². The molecule has 2 rings (SSSR count). The summed E-state index contributed by atoms with van der Waals surface area (Å²) >= 11 is 7.73. The Morgan fingerprint density at radius 3 is 2.33 bits per heavy atom. The van der Waals surface area contributed by atoms with Crippen LogP contribution in [0.25, 0.3) is 0 Å². The average molecular weight is 430 g/mol. The van der Waals surface area contributed by atoms with Crippen LogP contribution >= 0.6 is 23.4 Å². The summed E-state index contributed by atoms with van der Waals surface area (Å²) in [4.78, 5) is 1.71. The predicted molar refractivity (Wildman–Crippen MR) is 107 cm³/mol. The summed E-state index contributed by atoms with van der Waals surface area (Å²) in [5.41, 5.74) is 5.04. The van der Waals surface area contributed by atoms with Gasteiger partial charge in [-0.3, -0.25) is 4.55 Å². The highest BCUT2D eigenvalue weighted by atomic mass is 35.5. The topological polar surface area (TPSA) is 121 Å². The molecule has 5 N–H and O–H groups in total. The van der Waals surface area contributed by atoms with Gasteiger partial charge in [0.05, 0.1) is 10.9 Å². The number of hydrogen-bond donors (Lipinski definition) is 4. The number of aromatic hydroxyl groups is 1. The predicted octanol–water partition coefficient (Wildman–Crippen LogP) is 3.74. The molecule has 0 saturated carbocycles. The minimum atomic E-state index is -4.36. The van der Waals surface area contributed by atoms with Gasteiger partial charge in [0.1, 0.15) is 11.9 Å². The lowest BCUT2D eigenvalue weighted by Crippen LogP contribution is -2.43. The summed E-state index contributed by atoms with van der Waals surface area (Å²) in [6.45, 7) is 1.68. The molecular formula is C18H20ClNO5S2. The van der Waals surface area contributed by atoms with Crippen LogP contribution in [0.2, 0.25) is 5.02 Å². The molecule has 2 atom stereocenters. The summed E-state index contributed by atoms with van der Waals surface area (Å²) in [6.07, 6.45) is -0.0103. The second kappa shape index (κ2) is 8.64. The Morgan fingerprint density at radius 2 is 1.81 bits per heavy atom. The third-order valence-corrected chi connectivity index (χ3v) is 5.82. The van der Waals surface area contributed by atoms with Crippen LogP contribution in [-0.4, -0.2) is 28.7 Å². The van der Waals surface area contributed by atoms with E-state index in [0.29, 0.717) is 11.0 Å². The lowest BCUT2D eigenvalue weighted by molar-refractivity contribution is 0.108. The van der Waals surface area contributed by atoms with Crippen molar-refractivity contribution in [3.63, 3.8) is 0 Å². The summed E-state index contributed by atoms with van der Waals surface area (Å²) in [7, 11) is -4.36. The van der Waals surface area contributed by atoms with Gasteiger partial charge in [-0.25, -0.2) is 0 Å². The third kappa shape index (κ3) is 5.97. The summed E-state index contributed by atoms with van der Waals surface area (Å²) in [6, 6.07) is 11.7. The van der Waals surface area contributed by atoms with Crippen molar-refractivity contribution >= 4 is 33.5 Å². The zero-order valence-corrected chi connectivity index (χ0v) is 16.8. The molecule has 2 aromatic carbocycles. The van der Waals surface area contributed by atoms with Gasteiger partial charge in [0, 0.05) is 20.4 Å². The maximum absolute atomic E-state index is 10.9. The van der Waals surface area contributed by atoms with Crippen molar-refractivity contribution in [2.24, 2.45) is 5.73 Å². The number of rotatable bonds is 7. The van der Waals surface area contributed by atoms with Crippen LogP contribution in [0.4, 0.5) is 0 Å². The van der Waals surface area contributed by atoms with Crippen molar-refractivity contribution in [2.75, 3.05) is 0 Å². The third-order valence-electron chi connectivity index (χ3n) is 4.01. The van der Waals surface area contributed by atoms with Gasteiger partial charge in [-0.1, -0.05) is 36.4 Å². The maximum Gasteiger partial charge on any atom is 0.287 e. The van der Waals surface area contributed by atoms with Gasteiger partial charge in [-0.2, -0.15) is 8.42 Å². The quantitative estimate of drug-likeness (QED) is 0.494. The molecule has 0 bridgehead atoms. The molecule has 9 heteroatoms. The van der Waals surface area contributed by atoms with Crippen molar-refractivity contribution in [1.82, 2.24) is 0 Å². The normalized spacial score (nSPS) is 15.6. The Hall–Kier alpha value is -1.55. The number of aliphatic hydroxyl groups excluding tert-OH is 1. The molecule has 0 radical (unpaired) electrons. The van der Waals surface area contributed by atoms with Gasteiger partial charge >= 0.3 is 0 Å². The monoisotopic (exact) mass is 429 g/mol. The Labute approximate surface area is 167 Å². The Balaban J connectivity index is 2.27. The zero-order valence-electron chi connectivity index (χ0n) is 14.4. The summed E-state index contributed by atoms with van der Waals surface area (Å²) in [5, 5.41) is 20.8. The Morgan fingerprint density at radius 1 is 1.22 bits per heavy atom. The van der Waals surface area contributed by atoms with Crippen LogP contribution < -0.4 is 5.73 Å². The molecule has 6 nitrogen and oxygen atoms in total. The van der Waals surface area contributed by atoms with Crippen LogP contribution in [-0.2, 0) is 10.1 Å². The van der Waals surface area contributed by atoms with E-state index in [1.165, 1.54) is 11.8 Å². The van der Waals surface area contributed by atoms with Crippen molar-refractivity contribution in [2.45, 2.75) is 34.8 Å². The van der Waals surface area contributed by atoms with E-state index in [9.17, 15) is 18.6 Å². The largest absolute Gasteiger partial charge is 0.508 e. The molecule has 0 aromatic heterocycles. The molecule has 2 aromatic rings. The Bertz CT molecular complexity index is 931. The molecule has 0 heterocycles. The maximum atomic E-state index is 10.9. The molecule has 0 aliphatic rings. The van der Waals surface area contributed by atoms with E-state index in [0.717, 1.165) is 15.9 Å². The van der Waals surface area contributed by atoms with Crippen LogP contribution in [0.3, 0.4) is 0 Å². The second-order valence-corrected chi connectivity index (χ2v) is 8.82. The first-order chi connectivity index (χ1) is 12.5. The van der Waals surface area contributed by atoms with E-state index in [4.69, 9.17) is 21.9 Å². The van der Waals surface area contributed by atoms with Gasteiger partial charge in [0.25, 0.3) is 10.1 Å².